The minimum absolute atomic E-state index is 0. The number of hydrogen-bond acceptors (Lipinski definition) is 0. The summed E-state index contributed by atoms with van der Waals surface area (Å²) >= 11 is 0. The van der Waals surface area contributed by atoms with Crippen molar-refractivity contribution in [2.45, 2.75) is 0 Å². The van der Waals surface area contributed by atoms with E-state index in [4.69, 9.17) is 0 Å². The van der Waals surface area contributed by atoms with Gasteiger partial charge in [-0.25, -0.2) is 0 Å². The number of fused-ring (bicyclic) bond motifs is 1. The number of nitrogens with one attached hydrogen (secondary N) is 1. The van der Waals surface area contributed by atoms with Gasteiger partial charge in [0, 0.05) is 20.8 Å². The molecule has 0 unspecified atom stereocenters. The Hall–Kier alpha value is -1.18. The Kier molecular flexibility index (Phi) is 1.81. The van der Waals surface area contributed by atoms with E-state index in [1.54, 1.807) is 0 Å². The lowest BCUT2D eigenvalue weighted by Gasteiger charge is -1.81. The Bertz CT molecular complexity index is 283. The molecule has 0 fully saturated rings. The number of hydrogen-bond donors (Lipinski definition) is 1. The first-order valence-electron chi connectivity index (χ1n) is 2.98. The summed E-state index contributed by atoms with van der Waals surface area (Å²) in [6.07, 6.45) is 3.99. The Morgan fingerprint density at radius 2 is 1.40 bits per heavy atom. The third-order valence-corrected chi connectivity index (χ3v) is 1.47. The van der Waals surface area contributed by atoms with Gasteiger partial charge in [-0.05, 0) is 10.8 Å². The van der Waals surface area contributed by atoms with Crippen LogP contribution < -0.4 is 0 Å². The smallest absolute Gasteiger partial charge is 0.00843 e. The van der Waals surface area contributed by atoms with Crippen LogP contribution in [0.5, 0.6) is 0 Å². The Morgan fingerprint density at radius 3 is 1.90 bits per heavy atom. The van der Waals surface area contributed by atoms with Gasteiger partial charge in [-0.1, -0.05) is 24.3 Å². The fraction of sp³-hybridized carbons (Fsp3) is 0. The van der Waals surface area contributed by atoms with Gasteiger partial charge in [-0.2, -0.15) is 0 Å². The van der Waals surface area contributed by atoms with Gasteiger partial charge >= 0.3 is 0 Å². The molecular weight excluding hydrogens is 121 g/mol. The third kappa shape index (κ3) is 0.925. The van der Waals surface area contributed by atoms with Crippen LogP contribution >= 0.6 is 0 Å². The second-order valence-electron chi connectivity index (χ2n) is 2.08. The van der Waals surface area contributed by atoms with Gasteiger partial charge < -0.3 is 4.98 Å². The molecule has 0 aliphatic heterocycles. The largest absolute Gasteiger partial charge is 0.366 e. The maximum Gasteiger partial charge on any atom is 0.00843 e. The number of benzene rings is 1. The lowest BCUT2D eigenvalue weighted by Crippen LogP contribution is -1.57. The fourth-order valence-corrected chi connectivity index (χ4v) is 0.995. The minimum Gasteiger partial charge on any atom is -0.366 e. The van der Waals surface area contributed by atoms with E-state index in [9.17, 15) is 0 Å². The Morgan fingerprint density at radius 1 is 0.900 bits per heavy atom. The first-order valence-corrected chi connectivity index (χ1v) is 2.98. The summed E-state index contributed by atoms with van der Waals surface area (Å²) < 4.78 is 0. The summed E-state index contributed by atoms with van der Waals surface area (Å²) in [5.41, 5.74) is 0. The van der Waals surface area contributed by atoms with Gasteiger partial charge in [0.1, 0.15) is 0 Å². The van der Waals surface area contributed by atoms with Crippen LogP contribution in [0.25, 0.3) is 10.8 Å². The molecule has 0 spiro atoms. The van der Waals surface area contributed by atoms with Gasteiger partial charge in [0.2, 0.25) is 0 Å². The SMILES string of the molecule is [B].c1ccc2c[nH]cc2c1. The Labute approximate surface area is 61.6 Å². The highest BCUT2D eigenvalue weighted by atomic mass is 14.6. The van der Waals surface area contributed by atoms with E-state index >= 15 is 0 Å². The Balaban J connectivity index is 0.000000500. The normalized spacial score (nSPS) is 9.20. The molecule has 0 bridgehead atoms. The number of aromatic nitrogens is 1. The van der Waals surface area contributed by atoms with Crippen molar-refractivity contribution in [3.63, 3.8) is 0 Å². The molecule has 1 heterocycles. The molecule has 3 radical (unpaired) electrons. The number of rotatable bonds is 0. The van der Waals surface area contributed by atoms with E-state index in [1.807, 2.05) is 24.5 Å². The predicted molar refractivity (Wildman–Crippen MR) is 44.1 cm³/mol. The zero-order chi connectivity index (χ0) is 6.10. The van der Waals surface area contributed by atoms with Crippen LogP contribution in [0.4, 0.5) is 0 Å². The number of aromatic amines is 1. The van der Waals surface area contributed by atoms with E-state index in [0.717, 1.165) is 0 Å². The molecule has 2 rings (SSSR count). The van der Waals surface area contributed by atoms with Crippen molar-refractivity contribution in [2.75, 3.05) is 0 Å². The fourth-order valence-electron chi connectivity index (χ4n) is 0.995. The van der Waals surface area contributed by atoms with Crippen molar-refractivity contribution in [2.24, 2.45) is 0 Å². The van der Waals surface area contributed by atoms with E-state index in [-0.39, 0.29) is 8.41 Å². The standard InChI is InChI=1S/C8H7N.B/c1-2-4-8-6-9-5-7(8)3-1;/h1-6,9H;. The second-order valence-corrected chi connectivity index (χ2v) is 2.08. The molecule has 47 valence electrons. The highest BCUT2D eigenvalue weighted by Crippen LogP contribution is 2.10. The van der Waals surface area contributed by atoms with Crippen molar-refractivity contribution in [1.82, 2.24) is 4.98 Å². The second kappa shape index (κ2) is 2.61. The molecular formula is C8H7BN. The van der Waals surface area contributed by atoms with E-state index < -0.39 is 0 Å². The average molecular weight is 128 g/mol. The maximum atomic E-state index is 3.04. The van der Waals surface area contributed by atoms with E-state index in [1.165, 1.54) is 10.8 Å². The van der Waals surface area contributed by atoms with Crippen molar-refractivity contribution in [1.29, 1.82) is 0 Å². The number of H-pyrrole nitrogens is 1. The van der Waals surface area contributed by atoms with Gasteiger partial charge in [0.05, 0.1) is 0 Å². The summed E-state index contributed by atoms with van der Waals surface area (Å²) in [7, 11) is 0. The monoisotopic (exact) mass is 128 g/mol. The lowest BCUT2D eigenvalue weighted by molar-refractivity contribution is 1.43. The minimum atomic E-state index is 0. The van der Waals surface area contributed by atoms with Crippen LogP contribution in [0.1, 0.15) is 0 Å². The van der Waals surface area contributed by atoms with Crippen molar-refractivity contribution in [3.8, 4) is 0 Å². The molecule has 10 heavy (non-hydrogen) atoms. The molecule has 0 aliphatic carbocycles. The summed E-state index contributed by atoms with van der Waals surface area (Å²) in [5, 5.41) is 2.55. The molecule has 2 aromatic rings. The molecule has 0 atom stereocenters. The topological polar surface area (TPSA) is 15.8 Å². The van der Waals surface area contributed by atoms with E-state index in [0.29, 0.717) is 0 Å². The zero-order valence-electron chi connectivity index (χ0n) is 5.54. The molecule has 0 amide bonds. The summed E-state index contributed by atoms with van der Waals surface area (Å²) in [6, 6.07) is 8.25. The van der Waals surface area contributed by atoms with Crippen LogP contribution in [-0.4, -0.2) is 13.4 Å². The summed E-state index contributed by atoms with van der Waals surface area (Å²) in [5.74, 6) is 0. The van der Waals surface area contributed by atoms with Gasteiger partial charge in [-0.3, -0.25) is 0 Å². The first kappa shape index (κ1) is 6.94. The molecule has 1 aromatic carbocycles. The molecule has 1 aromatic heterocycles. The quantitative estimate of drug-likeness (QED) is 0.520. The van der Waals surface area contributed by atoms with Crippen LogP contribution in [0, 0.1) is 0 Å². The molecule has 0 saturated heterocycles. The third-order valence-electron chi connectivity index (χ3n) is 1.47. The van der Waals surface area contributed by atoms with Gasteiger partial charge in [-0.15, -0.1) is 0 Å². The molecule has 0 aliphatic rings. The highest BCUT2D eigenvalue weighted by Gasteiger charge is 1.86. The van der Waals surface area contributed by atoms with Gasteiger partial charge in [0.25, 0.3) is 0 Å². The van der Waals surface area contributed by atoms with Gasteiger partial charge in [0.15, 0.2) is 0 Å². The van der Waals surface area contributed by atoms with Crippen molar-refractivity contribution >= 4 is 19.2 Å². The maximum absolute atomic E-state index is 3.04. The van der Waals surface area contributed by atoms with Crippen LogP contribution in [0.3, 0.4) is 0 Å². The van der Waals surface area contributed by atoms with Crippen LogP contribution in [0.2, 0.25) is 0 Å². The van der Waals surface area contributed by atoms with Crippen molar-refractivity contribution < 1.29 is 0 Å². The first-order chi connectivity index (χ1) is 4.47. The molecule has 1 nitrogen and oxygen atoms in total. The molecule has 0 saturated carbocycles. The van der Waals surface area contributed by atoms with Crippen molar-refractivity contribution in [3.05, 3.63) is 36.7 Å². The van der Waals surface area contributed by atoms with E-state index in [2.05, 4.69) is 17.1 Å². The molecule has 1 N–H and O–H groups in total. The predicted octanol–water partition coefficient (Wildman–Crippen LogP) is 1.79. The lowest BCUT2D eigenvalue weighted by atomic mass is 10.2. The van der Waals surface area contributed by atoms with Crippen LogP contribution in [0.15, 0.2) is 36.7 Å². The molecule has 2 heteroatoms. The summed E-state index contributed by atoms with van der Waals surface area (Å²) in [4.78, 5) is 3.04. The zero-order valence-corrected chi connectivity index (χ0v) is 5.54. The highest BCUT2D eigenvalue weighted by molar-refractivity contribution is 5.81. The average Bonchev–Trinajstić information content (AvgIpc) is 2.33. The van der Waals surface area contributed by atoms with Crippen LogP contribution in [-0.2, 0) is 0 Å². The summed E-state index contributed by atoms with van der Waals surface area (Å²) in [6.45, 7) is 0.